The number of carbonyl (C=O) groups is 2. The second-order valence-corrected chi connectivity index (χ2v) is 5.97. The third-order valence-corrected chi connectivity index (χ3v) is 4.10. The molecule has 2 heterocycles. The molecule has 1 saturated heterocycles. The van der Waals surface area contributed by atoms with Crippen LogP contribution >= 0.6 is 11.3 Å². The minimum Gasteiger partial charge on any atom is -0.479 e. The first-order valence-electron chi connectivity index (χ1n) is 6.63. The van der Waals surface area contributed by atoms with E-state index in [-0.39, 0.29) is 18.6 Å². The lowest BCUT2D eigenvalue weighted by molar-refractivity contribution is -0.160. The molecule has 0 radical (unpaired) electrons. The number of amides is 1. The van der Waals surface area contributed by atoms with Crippen molar-refractivity contribution in [3.05, 3.63) is 16.1 Å². The fourth-order valence-corrected chi connectivity index (χ4v) is 3.14. The van der Waals surface area contributed by atoms with E-state index in [4.69, 9.17) is 9.84 Å². The van der Waals surface area contributed by atoms with E-state index in [0.717, 1.165) is 17.8 Å². The number of aryl methyl sites for hydroxylation is 1. The number of carbonyl (C=O) groups excluding carboxylic acids is 1. The van der Waals surface area contributed by atoms with Crippen molar-refractivity contribution in [2.45, 2.75) is 38.9 Å². The number of carboxylic acid groups (broad SMARTS) is 1. The highest BCUT2D eigenvalue weighted by molar-refractivity contribution is 7.13. The summed E-state index contributed by atoms with van der Waals surface area (Å²) in [5.74, 6) is -1.20. The Balaban J connectivity index is 2.08. The Morgan fingerprint density at radius 3 is 2.95 bits per heavy atom. The molecule has 1 N–H and O–H groups in total. The van der Waals surface area contributed by atoms with Gasteiger partial charge in [0.05, 0.1) is 23.9 Å². The molecular weight excluding hydrogens is 280 g/mol. The van der Waals surface area contributed by atoms with Crippen molar-refractivity contribution in [3.8, 4) is 0 Å². The van der Waals surface area contributed by atoms with Crippen LogP contribution in [0, 0.1) is 0 Å². The lowest BCUT2D eigenvalue weighted by Gasteiger charge is -2.34. The molecule has 0 saturated carbocycles. The van der Waals surface area contributed by atoms with Crippen LogP contribution in [0.25, 0.3) is 0 Å². The summed E-state index contributed by atoms with van der Waals surface area (Å²) >= 11 is 1.38. The Morgan fingerprint density at radius 2 is 2.30 bits per heavy atom. The molecule has 110 valence electrons. The SMILES string of the molecule is CCCc1ncc(C(=O)N2CC(C(=O)O)O[C@H](C)C2)s1. The molecule has 2 atom stereocenters. The van der Waals surface area contributed by atoms with Crippen molar-refractivity contribution in [1.82, 2.24) is 9.88 Å². The highest BCUT2D eigenvalue weighted by Gasteiger charge is 2.33. The van der Waals surface area contributed by atoms with Crippen LogP contribution < -0.4 is 0 Å². The van der Waals surface area contributed by atoms with Crippen molar-refractivity contribution in [1.29, 1.82) is 0 Å². The monoisotopic (exact) mass is 298 g/mol. The number of aliphatic carboxylic acids is 1. The van der Waals surface area contributed by atoms with Gasteiger partial charge in [0.25, 0.3) is 5.91 Å². The predicted molar refractivity (Wildman–Crippen MR) is 74.0 cm³/mol. The lowest BCUT2D eigenvalue weighted by atomic mass is 10.2. The number of thiazole rings is 1. The van der Waals surface area contributed by atoms with Crippen LogP contribution in [0.15, 0.2) is 6.20 Å². The molecule has 1 aliphatic heterocycles. The van der Waals surface area contributed by atoms with Crippen molar-refractivity contribution in [2.24, 2.45) is 0 Å². The summed E-state index contributed by atoms with van der Waals surface area (Å²) in [4.78, 5) is 29.7. The second kappa shape index (κ2) is 6.32. The minimum atomic E-state index is -1.04. The van der Waals surface area contributed by atoms with Crippen LogP contribution in [0.3, 0.4) is 0 Å². The Labute approximate surface area is 121 Å². The van der Waals surface area contributed by atoms with Gasteiger partial charge in [-0.15, -0.1) is 11.3 Å². The molecule has 2 rings (SSSR count). The van der Waals surface area contributed by atoms with Crippen molar-refractivity contribution in [2.75, 3.05) is 13.1 Å². The Bertz CT molecular complexity index is 502. The molecule has 1 aromatic rings. The van der Waals surface area contributed by atoms with Gasteiger partial charge in [0.2, 0.25) is 0 Å². The van der Waals surface area contributed by atoms with Gasteiger partial charge in [-0.3, -0.25) is 4.79 Å². The number of carboxylic acids is 1. The second-order valence-electron chi connectivity index (χ2n) is 4.85. The van der Waals surface area contributed by atoms with Crippen LogP contribution in [-0.4, -0.2) is 52.2 Å². The smallest absolute Gasteiger partial charge is 0.334 e. The highest BCUT2D eigenvalue weighted by Crippen LogP contribution is 2.20. The first-order chi connectivity index (χ1) is 9.51. The number of aromatic nitrogens is 1. The van der Waals surface area contributed by atoms with E-state index < -0.39 is 12.1 Å². The van der Waals surface area contributed by atoms with Crippen LogP contribution in [-0.2, 0) is 16.0 Å². The van der Waals surface area contributed by atoms with Crippen molar-refractivity contribution >= 4 is 23.2 Å². The highest BCUT2D eigenvalue weighted by atomic mass is 32.1. The lowest BCUT2D eigenvalue weighted by Crippen LogP contribution is -2.51. The van der Waals surface area contributed by atoms with E-state index in [1.165, 1.54) is 16.2 Å². The number of hydrogen-bond donors (Lipinski definition) is 1. The molecule has 7 heteroatoms. The largest absolute Gasteiger partial charge is 0.479 e. The van der Waals surface area contributed by atoms with Gasteiger partial charge in [-0.05, 0) is 19.8 Å². The maximum Gasteiger partial charge on any atom is 0.334 e. The van der Waals surface area contributed by atoms with Crippen LogP contribution in [0.5, 0.6) is 0 Å². The molecule has 0 aromatic carbocycles. The number of hydrogen-bond acceptors (Lipinski definition) is 5. The molecule has 1 amide bonds. The average Bonchev–Trinajstić information content (AvgIpc) is 2.86. The van der Waals surface area contributed by atoms with E-state index in [1.54, 1.807) is 13.1 Å². The third-order valence-electron chi connectivity index (χ3n) is 3.05. The summed E-state index contributed by atoms with van der Waals surface area (Å²) in [6.45, 7) is 4.32. The summed E-state index contributed by atoms with van der Waals surface area (Å²) in [5.41, 5.74) is 0. The van der Waals surface area contributed by atoms with Gasteiger partial charge < -0.3 is 14.7 Å². The van der Waals surface area contributed by atoms with E-state index in [1.807, 2.05) is 0 Å². The fraction of sp³-hybridized carbons (Fsp3) is 0.615. The van der Waals surface area contributed by atoms with E-state index in [9.17, 15) is 9.59 Å². The quantitative estimate of drug-likeness (QED) is 0.909. The van der Waals surface area contributed by atoms with Gasteiger partial charge in [0.1, 0.15) is 4.88 Å². The van der Waals surface area contributed by atoms with Crippen molar-refractivity contribution < 1.29 is 19.4 Å². The summed E-state index contributed by atoms with van der Waals surface area (Å²) in [6, 6.07) is 0. The van der Waals surface area contributed by atoms with Crippen LogP contribution in [0.4, 0.5) is 0 Å². The Morgan fingerprint density at radius 1 is 1.55 bits per heavy atom. The first kappa shape index (κ1) is 14.9. The van der Waals surface area contributed by atoms with Crippen molar-refractivity contribution in [3.63, 3.8) is 0 Å². The summed E-state index contributed by atoms with van der Waals surface area (Å²) < 4.78 is 5.30. The molecule has 1 unspecified atom stereocenters. The fourth-order valence-electron chi connectivity index (χ4n) is 2.15. The predicted octanol–water partition coefficient (Wildman–Crippen LogP) is 1.41. The van der Waals surface area contributed by atoms with E-state index >= 15 is 0 Å². The van der Waals surface area contributed by atoms with Gasteiger partial charge in [-0.1, -0.05) is 6.92 Å². The molecule has 0 spiro atoms. The number of morpholine rings is 1. The molecular formula is C13H18N2O4S. The Hall–Kier alpha value is -1.47. The molecule has 20 heavy (non-hydrogen) atoms. The first-order valence-corrected chi connectivity index (χ1v) is 7.45. The van der Waals surface area contributed by atoms with Gasteiger partial charge in [-0.25, -0.2) is 9.78 Å². The molecule has 0 aliphatic carbocycles. The molecule has 1 aliphatic rings. The number of nitrogens with zero attached hydrogens (tertiary/aromatic N) is 2. The standard InChI is InChI=1S/C13H18N2O4S/c1-3-4-11-14-5-10(20-11)12(16)15-6-8(2)19-9(7-15)13(17)18/h5,8-9H,3-4,6-7H2,1-2H3,(H,17,18)/t8-,9?/m1/s1. The van der Waals surface area contributed by atoms with Gasteiger partial charge in [-0.2, -0.15) is 0 Å². The van der Waals surface area contributed by atoms with Gasteiger partial charge in [0.15, 0.2) is 6.10 Å². The summed E-state index contributed by atoms with van der Waals surface area (Å²) in [5, 5.41) is 9.96. The topological polar surface area (TPSA) is 79.7 Å². The minimum absolute atomic E-state index is 0.0829. The average molecular weight is 298 g/mol. The zero-order valence-electron chi connectivity index (χ0n) is 11.5. The molecule has 6 nitrogen and oxygen atoms in total. The Kier molecular flexibility index (Phi) is 4.72. The zero-order chi connectivity index (χ0) is 14.7. The number of ether oxygens (including phenoxy) is 1. The van der Waals surface area contributed by atoms with Crippen LogP contribution in [0.2, 0.25) is 0 Å². The summed E-state index contributed by atoms with van der Waals surface area (Å²) in [7, 11) is 0. The molecule has 0 bridgehead atoms. The summed E-state index contributed by atoms with van der Waals surface area (Å²) in [6.07, 6.45) is 2.18. The normalized spacial score (nSPS) is 22.8. The maximum absolute atomic E-state index is 12.4. The van der Waals surface area contributed by atoms with E-state index in [2.05, 4.69) is 11.9 Å². The maximum atomic E-state index is 12.4. The molecule has 1 fully saturated rings. The van der Waals surface area contributed by atoms with Crippen LogP contribution in [0.1, 0.15) is 34.9 Å². The van der Waals surface area contributed by atoms with Gasteiger partial charge in [0, 0.05) is 6.54 Å². The zero-order valence-corrected chi connectivity index (χ0v) is 12.4. The number of rotatable bonds is 4. The van der Waals surface area contributed by atoms with Gasteiger partial charge >= 0.3 is 5.97 Å². The van der Waals surface area contributed by atoms with E-state index in [0.29, 0.717) is 11.4 Å². The third kappa shape index (κ3) is 3.34. The molecule has 1 aromatic heterocycles.